The Bertz CT molecular complexity index is 408. The summed E-state index contributed by atoms with van der Waals surface area (Å²) in [5.41, 5.74) is 6.01. The van der Waals surface area contributed by atoms with E-state index < -0.39 is 12.0 Å². The van der Waals surface area contributed by atoms with Crippen molar-refractivity contribution < 1.29 is 19.7 Å². The molecule has 0 aliphatic heterocycles. The molecule has 0 saturated carbocycles. The van der Waals surface area contributed by atoms with Gasteiger partial charge in [-0.2, -0.15) is 0 Å². The number of carboxylic acid groups (broad SMARTS) is 1. The van der Waals surface area contributed by atoms with Crippen LogP contribution in [0.1, 0.15) is 18.0 Å². The zero-order valence-electron chi connectivity index (χ0n) is 8.61. The summed E-state index contributed by atoms with van der Waals surface area (Å²) >= 11 is 3.23. The number of aromatic hydroxyl groups is 1. The number of hydrogen-bond donors (Lipinski definition) is 3. The van der Waals surface area contributed by atoms with Crippen molar-refractivity contribution in [1.82, 2.24) is 0 Å². The predicted molar refractivity (Wildman–Crippen MR) is 61.5 cm³/mol. The maximum atomic E-state index is 10.5. The number of benzene rings is 1. The van der Waals surface area contributed by atoms with Crippen LogP contribution < -0.4 is 10.5 Å². The van der Waals surface area contributed by atoms with Gasteiger partial charge in [-0.3, -0.25) is 4.79 Å². The number of halogens is 1. The fraction of sp³-hybridized carbons (Fsp3) is 0.300. The topological polar surface area (TPSA) is 92.8 Å². The van der Waals surface area contributed by atoms with E-state index in [0.29, 0.717) is 10.0 Å². The van der Waals surface area contributed by atoms with Crippen molar-refractivity contribution in [2.75, 3.05) is 7.11 Å². The van der Waals surface area contributed by atoms with E-state index in [4.69, 9.17) is 15.6 Å². The van der Waals surface area contributed by atoms with Crippen molar-refractivity contribution in [3.8, 4) is 11.5 Å². The number of rotatable bonds is 4. The lowest BCUT2D eigenvalue weighted by Crippen LogP contribution is -2.15. The van der Waals surface area contributed by atoms with E-state index in [2.05, 4.69) is 15.9 Å². The second-order valence-electron chi connectivity index (χ2n) is 3.25. The van der Waals surface area contributed by atoms with Gasteiger partial charge in [0.15, 0.2) is 11.5 Å². The molecule has 5 nitrogen and oxygen atoms in total. The van der Waals surface area contributed by atoms with Crippen LogP contribution in [0.5, 0.6) is 11.5 Å². The first-order valence-electron chi connectivity index (χ1n) is 4.49. The lowest BCUT2D eigenvalue weighted by atomic mass is 10.0. The molecule has 0 aliphatic carbocycles. The number of phenolic OH excluding ortho intramolecular Hbond substituents is 1. The van der Waals surface area contributed by atoms with Crippen molar-refractivity contribution in [3.05, 3.63) is 22.2 Å². The largest absolute Gasteiger partial charge is 0.504 e. The van der Waals surface area contributed by atoms with Gasteiger partial charge in [0, 0.05) is 16.1 Å². The average molecular weight is 290 g/mol. The minimum atomic E-state index is -1.02. The molecule has 1 aromatic carbocycles. The number of phenols is 1. The first kappa shape index (κ1) is 12.8. The van der Waals surface area contributed by atoms with Crippen LogP contribution in [0, 0.1) is 0 Å². The zero-order chi connectivity index (χ0) is 12.3. The molecule has 0 aromatic heterocycles. The van der Waals surface area contributed by atoms with Gasteiger partial charge in [0.25, 0.3) is 0 Å². The van der Waals surface area contributed by atoms with E-state index in [0.717, 1.165) is 0 Å². The van der Waals surface area contributed by atoms with Crippen LogP contribution in [-0.4, -0.2) is 23.3 Å². The molecule has 0 spiro atoms. The maximum Gasteiger partial charge on any atom is 0.305 e. The molecule has 0 radical (unpaired) electrons. The first-order chi connectivity index (χ1) is 7.45. The van der Waals surface area contributed by atoms with Crippen LogP contribution in [-0.2, 0) is 4.79 Å². The Labute approximate surface area is 101 Å². The van der Waals surface area contributed by atoms with E-state index in [1.807, 2.05) is 0 Å². The molecule has 0 fully saturated rings. The molecule has 1 atom stereocenters. The van der Waals surface area contributed by atoms with Crippen LogP contribution >= 0.6 is 15.9 Å². The van der Waals surface area contributed by atoms with Crippen LogP contribution in [0.3, 0.4) is 0 Å². The van der Waals surface area contributed by atoms with Crippen molar-refractivity contribution in [3.63, 3.8) is 0 Å². The first-order valence-corrected chi connectivity index (χ1v) is 5.28. The second-order valence-corrected chi connectivity index (χ2v) is 4.17. The summed E-state index contributed by atoms with van der Waals surface area (Å²) in [7, 11) is 1.41. The maximum absolute atomic E-state index is 10.5. The molecular formula is C10H12BrNO4. The smallest absolute Gasteiger partial charge is 0.305 e. The highest BCUT2D eigenvalue weighted by Gasteiger charge is 2.18. The summed E-state index contributed by atoms with van der Waals surface area (Å²) in [4.78, 5) is 10.5. The summed E-state index contributed by atoms with van der Waals surface area (Å²) in [6.45, 7) is 0. The molecule has 0 saturated heterocycles. The number of methoxy groups -OCH3 is 1. The van der Waals surface area contributed by atoms with Crippen LogP contribution in [0.4, 0.5) is 0 Å². The number of nitrogens with two attached hydrogens (primary N) is 1. The number of hydrogen-bond acceptors (Lipinski definition) is 4. The monoisotopic (exact) mass is 289 g/mol. The van der Waals surface area contributed by atoms with Crippen molar-refractivity contribution in [2.24, 2.45) is 5.73 Å². The summed E-state index contributed by atoms with van der Waals surface area (Å²) in [6, 6.07) is 2.38. The number of carboxylic acids is 1. The van der Waals surface area contributed by atoms with Crippen LogP contribution in [0.25, 0.3) is 0 Å². The third-order valence-corrected chi connectivity index (χ3v) is 2.54. The summed E-state index contributed by atoms with van der Waals surface area (Å²) in [5.74, 6) is -0.893. The molecule has 1 rings (SSSR count). The SMILES string of the molecule is COc1cc(Br)cc([C@@H](N)CC(=O)O)c1O. The van der Waals surface area contributed by atoms with Crippen molar-refractivity contribution in [1.29, 1.82) is 0 Å². The van der Waals surface area contributed by atoms with Gasteiger partial charge in [-0.25, -0.2) is 0 Å². The average Bonchev–Trinajstić information content (AvgIpc) is 2.19. The van der Waals surface area contributed by atoms with Gasteiger partial charge < -0.3 is 20.7 Å². The zero-order valence-corrected chi connectivity index (χ0v) is 10.2. The summed E-state index contributed by atoms with van der Waals surface area (Å²) < 4.78 is 5.60. The molecule has 4 N–H and O–H groups in total. The molecule has 88 valence electrons. The highest BCUT2D eigenvalue weighted by Crippen LogP contribution is 2.36. The van der Waals surface area contributed by atoms with Crippen LogP contribution in [0.15, 0.2) is 16.6 Å². The number of aliphatic carboxylic acids is 1. The normalized spacial score (nSPS) is 12.2. The highest BCUT2D eigenvalue weighted by molar-refractivity contribution is 9.10. The summed E-state index contributed by atoms with van der Waals surface area (Å²) in [6.07, 6.45) is -0.257. The minimum Gasteiger partial charge on any atom is -0.504 e. The van der Waals surface area contributed by atoms with Gasteiger partial charge in [0.2, 0.25) is 0 Å². The van der Waals surface area contributed by atoms with Crippen molar-refractivity contribution >= 4 is 21.9 Å². The van der Waals surface area contributed by atoms with E-state index in [-0.39, 0.29) is 17.9 Å². The molecule has 6 heteroatoms. The molecule has 16 heavy (non-hydrogen) atoms. The quantitative estimate of drug-likeness (QED) is 0.784. The lowest BCUT2D eigenvalue weighted by molar-refractivity contribution is -0.137. The third-order valence-electron chi connectivity index (χ3n) is 2.08. The molecule has 1 aromatic rings. The van der Waals surface area contributed by atoms with Gasteiger partial charge in [0.05, 0.1) is 13.5 Å². The molecule has 0 amide bonds. The van der Waals surface area contributed by atoms with Gasteiger partial charge in [-0.05, 0) is 12.1 Å². The fourth-order valence-electron chi connectivity index (χ4n) is 1.33. The Morgan fingerprint density at radius 2 is 2.25 bits per heavy atom. The van der Waals surface area contributed by atoms with E-state index >= 15 is 0 Å². The number of ether oxygens (including phenoxy) is 1. The fourth-order valence-corrected chi connectivity index (χ4v) is 1.79. The Balaban J connectivity index is 3.12. The van der Waals surface area contributed by atoms with Gasteiger partial charge in [-0.1, -0.05) is 15.9 Å². The minimum absolute atomic E-state index is 0.126. The standard InChI is InChI=1S/C10H12BrNO4/c1-16-8-3-5(11)2-6(10(8)15)7(12)4-9(13)14/h2-3,7,15H,4,12H2,1H3,(H,13,14)/t7-/m0/s1. The summed E-state index contributed by atoms with van der Waals surface area (Å²) in [5, 5.41) is 18.4. The molecule has 0 bridgehead atoms. The molecule has 0 unspecified atom stereocenters. The van der Waals surface area contributed by atoms with Gasteiger partial charge >= 0.3 is 5.97 Å². The Kier molecular flexibility index (Phi) is 4.14. The van der Waals surface area contributed by atoms with E-state index in [1.54, 1.807) is 12.1 Å². The van der Waals surface area contributed by atoms with Crippen LogP contribution in [0.2, 0.25) is 0 Å². The van der Waals surface area contributed by atoms with E-state index in [9.17, 15) is 9.90 Å². The Hall–Kier alpha value is -1.27. The second kappa shape index (κ2) is 5.18. The van der Waals surface area contributed by atoms with E-state index in [1.165, 1.54) is 7.11 Å². The Morgan fingerprint density at radius 3 is 2.75 bits per heavy atom. The molecule has 0 aliphatic rings. The Morgan fingerprint density at radius 1 is 1.62 bits per heavy atom. The third kappa shape index (κ3) is 2.86. The van der Waals surface area contributed by atoms with Gasteiger partial charge in [-0.15, -0.1) is 0 Å². The molecule has 0 heterocycles. The van der Waals surface area contributed by atoms with Gasteiger partial charge in [0.1, 0.15) is 0 Å². The molecular weight excluding hydrogens is 278 g/mol. The lowest BCUT2D eigenvalue weighted by Gasteiger charge is -2.14. The highest BCUT2D eigenvalue weighted by atomic mass is 79.9. The number of carbonyl (C=O) groups is 1. The van der Waals surface area contributed by atoms with Crippen molar-refractivity contribution in [2.45, 2.75) is 12.5 Å². The predicted octanol–water partition coefficient (Wildman–Crippen LogP) is 1.64.